The third-order valence-electron chi connectivity index (χ3n) is 20.7. The van der Waals surface area contributed by atoms with Gasteiger partial charge in [-0.15, -0.1) is 0 Å². The summed E-state index contributed by atoms with van der Waals surface area (Å²) in [7, 11) is -9.93. The molecule has 0 aliphatic carbocycles. The molecule has 0 spiro atoms. The van der Waals surface area contributed by atoms with E-state index in [0.29, 0.717) is 31.6 Å². The van der Waals surface area contributed by atoms with Gasteiger partial charge in [0.05, 0.1) is 26.4 Å². The number of unbranched alkanes of at least 4 members (excludes halogenated alkanes) is 52. The predicted molar refractivity (Wildman–Crippen MR) is 437 cm³/mol. The molecule has 0 saturated carbocycles. The van der Waals surface area contributed by atoms with Gasteiger partial charge in [-0.25, -0.2) is 9.13 Å². The van der Waals surface area contributed by atoms with E-state index in [-0.39, 0.29) is 25.7 Å². The molecule has 19 heteroatoms. The fourth-order valence-electron chi connectivity index (χ4n) is 13.5. The molecule has 630 valence electrons. The lowest BCUT2D eigenvalue weighted by Crippen LogP contribution is -2.30. The molecule has 17 nitrogen and oxygen atoms in total. The smallest absolute Gasteiger partial charge is 0.462 e. The SMILES string of the molecule is CCCCCCCCCCCCCCCCCCCCCCC(=O)O[C@H](COC(=O)CCCCCCCCCCCCCCCCCC(C)C)COP(=O)(O)OC[C@@H](O)COP(=O)(O)OC[C@@H](COC(=O)CCCCCCCCCC(C)C)OC(=O)CCCCCCCCCCCCCCCCC(C)CC. The maximum Gasteiger partial charge on any atom is 0.472 e. The van der Waals surface area contributed by atoms with E-state index < -0.39 is 97.5 Å². The molecule has 0 aromatic carbocycles. The van der Waals surface area contributed by atoms with Crippen LogP contribution in [-0.2, 0) is 65.4 Å². The summed E-state index contributed by atoms with van der Waals surface area (Å²) in [4.78, 5) is 73.2. The van der Waals surface area contributed by atoms with Gasteiger partial charge in [0.2, 0.25) is 0 Å². The molecule has 0 saturated heterocycles. The summed E-state index contributed by atoms with van der Waals surface area (Å²) in [5.41, 5.74) is 0. The topological polar surface area (TPSA) is 237 Å². The van der Waals surface area contributed by atoms with E-state index >= 15 is 0 Å². The van der Waals surface area contributed by atoms with Crippen molar-refractivity contribution in [1.82, 2.24) is 0 Å². The summed E-state index contributed by atoms with van der Waals surface area (Å²) in [5.74, 6) is 0.253. The number of aliphatic hydroxyl groups is 1. The van der Waals surface area contributed by atoms with Gasteiger partial charge in [-0.1, -0.05) is 408 Å². The minimum Gasteiger partial charge on any atom is -0.462 e. The number of carbonyl (C=O) groups excluding carboxylic acids is 4. The second-order valence-electron chi connectivity index (χ2n) is 32.5. The Morgan fingerprint density at radius 2 is 0.481 bits per heavy atom. The van der Waals surface area contributed by atoms with Crippen LogP contribution >= 0.6 is 15.6 Å². The van der Waals surface area contributed by atoms with Crippen molar-refractivity contribution in [2.24, 2.45) is 17.8 Å². The van der Waals surface area contributed by atoms with Gasteiger partial charge in [0.1, 0.15) is 19.3 Å². The molecule has 0 aliphatic rings. The summed E-state index contributed by atoms with van der Waals surface area (Å²) >= 11 is 0. The minimum atomic E-state index is -4.97. The van der Waals surface area contributed by atoms with Crippen molar-refractivity contribution in [3.05, 3.63) is 0 Å². The average molecular weight is 1550 g/mol. The lowest BCUT2D eigenvalue weighted by atomic mass is 9.99. The number of phosphoric ester groups is 2. The highest BCUT2D eigenvalue weighted by atomic mass is 31.2. The van der Waals surface area contributed by atoms with Crippen LogP contribution < -0.4 is 0 Å². The monoisotopic (exact) mass is 1550 g/mol. The van der Waals surface area contributed by atoms with Gasteiger partial charge in [-0.3, -0.25) is 37.3 Å². The predicted octanol–water partition coefficient (Wildman–Crippen LogP) is 26.5. The number of carbonyl (C=O) groups is 4. The Morgan fingerprint density at radius 3 is 0.717 bits per heavy atom. The first-order chi connectivity index (χ1) is 51.3. The molecule has 3 unspecified atom stereocenters. The minimum absolute atomic E-state index is 0.107. The van der Waals surface area contributed by atoms with Crippen LogP contribution in [-0.4, -0.2) is 96.7 Å². The van der Waals surface area contributed by atoms with Crippen molar-refractivity contribution in [2.45, 2.75) is 478 Å². The molecule has 0 aromatic rings. The highest BCUT2D eigenvalue weighted by Crippen LogP contribution is 2.45. The molecule has 0 bridgehead atoms. The fraction of sp³-hybridized carbons (Fsp3) is 0.954. The maximum absolute atomic E-state index is 13.2. The Hall–Kier alpha value is -1.94. The Labute approximate surface area is 651 Å². The number of hydrogen-bond acceptors (Lipinski definition) is 15. The third-order valence-corrected chi connectivity index (χ3v) is 22.6. The van der Waals surface area contributed by atoms with Crippen LogP contribution in [0.15, 0.2) is 0 Å². The van der Waals surface area contributed by atoms with Crippen molar-refractivity contribution in [2.75, 3.05) is 39.6 Å². The highest BCUT2D eigenvalue weighted by Gasteiger charge is 2.31. The van der Waals surface area contributed by atoms with Crippen LogP contribution in [0.1, 0.15) is 459 Å². The van der Waals surface area contributed by atoms with E-state index in [0.717, 1.165) is 108 Å². The number of esters is 4. The molecule has 0 rings (SSSR count). The average Bonchev–Trinajstić information content (AvgIpc) is 0.909. The first-order valence-corrected chi connectivity index (χ1v) is 47.9. The Kier molecular flexibility index (Phi) is 75.6. The molecular formula is C87H170O17P2. The van der Waals surface area contributed by atoms with Crippen molar-refractivity contribution < 1.29 is 80.2 Å². The lowest BCUT2D eigenvalue weighted by molar-refractivity contribution is -0.161. The number of aliphatic hydroxyl groups excluding tert-OH is 1. The lowest BCUT2D eigenvalue weighted by Gasteiger charge is -2.21. The normalized spacial score (nSPS) is 14.1. The van der Waals surface area contributed by atoms with E-state index in [1.54, 1.807) is 0 Å². The number of hydrogen-bond donors (Lipinski definition) is 3. The summed E-state index contributed by atoms with van der Waals surface area (Å²) in [6, 6.07) is 0. The summed E-state index contributed by atoms with van der Waals surface area (Å²) < 4.78 is 68.9. The number of ether oxygens (including phenoxy) is 4. The van der Waals surface area contributed by atoms with Crippen LogP contribution in [0.25, 0.3) is 0 Å². The van der Waals surface area contributed by atoms with Gasteiger partial charge in [0.15, 0.2) is 12.2 Å². The zero-order valence-electron chi connectivity index (χ0n) is 69.9. The highest BCUT2D eigenvalue weighted by molar-refractivity contribution is 7.47. The van der Waals surface area contributed by atoms with Crippen molar-refractivity contribution in [3.63, 3.8) is 0 Å². The molecule has 0 fully saturated rings. The molecule has 3 N–H and O–H groups in total. The van der Waals surface area contributed by atoms with Gasteiger partial charge in [0, 0.05) is 25.7 Å². The van der Waals surface area contributed by atoms with Crippen molar-refractivity contribution in [1.29, 1.82) is 0 Å². The Balaban J connectivity index is 5.23. The van der Waals surface area contributed by atoms with Crippen LogP contribution in [0.5, 0.6) is 0 Å². The van der Waals surface area contributed by atoms with Crippen LogP contribution in [0.2, 0.25) is 0 Å². The zero-order chi connectivity index (χ0) is 77.9. The van der Waals surface area contributed by atoms with Crippen LogP contribution in [0, 0.1) is 17.8 Å². The second kappa shape index (κ2) is 77.0. The zero-order valence-corrected chi connectivity index (χ0v) is 71.7. The largest absolute Gasteiger partial charge is 0.472 e. The van der Waals surface area contributed by atoms with Gasteiger partial charge >= 0.3 is 39.5 Å². The van der Waals surface area contributed by atoms with E-state index in [2.05, 4.69) is 48.5 Å². The van der Waals surface area contributed by atoms with Gasteiger partial charge in [-0.2, -0.15) is 0 Å². The van der Waals surface area contributed by atoms with Gasteiger partial charge in [0.25, 0.3) is 0 Å². The molecule has 0 amide bonds. The molecule has 0 radical (unpaired) electrons. The first kappa shape index (κ1) is 104. The summed E-state index contributed by atoms with van der Waals surface area (Å²) in [5, 5.41) is 10.7. The summed E-state index contributed by atoms with van der Waals surface area (Å²) in [6.07, 6.45) is 68.1. The van der Waals surface area contributed by atoms with Crippen molar-refractivity contribution >= 4 is 39.5 Å². The Morgan fingerprint density at radius 1 is 0.274 bits per heavy atom. The van der Waals surface area contributed by atoms with E-state index in [9.17, 15) is 43.2 Å². The second-order valence-corrected chi connectivity index (χ2v) is 35.4. The molecule has 0 aliphatic heterocycles. The van der Waals surface area contributed by atoms with E-state index in [1.807, 2.05) is 0 Å². The maximum atomic E-state index is 13.2. The molecule has 6 atom stereocenters. The first-order valence-electron chi connectivity index (χ1n) is 44.9. The summed E-state index contributed by atoms with van der Waals surface area (Å²) in [6.45, 7) is 12.0. The molecular weight excluding hydrogens is 1380 g/mol. The quantitative estimate of drug-likeness (QED) is 0.0222. The van der Waals surface area contributed by atoms with E-state index in [1.165, 1.54) is 263 Å². The van der Waals surface area contributed by atoms with Crippen molar-refractivity contribution in [3.8, 4) is 0 Å². The molecule has 0 heterocycles. The number of phosphoric acid groups is 2. The molecule has 0 aromatic heterocycles. The third kappa shape index (κ3) is 78.7. The Bertz CT molecular complexity index is 2050. The van der Waals surface area contributed by atoms with Gasteiger partial charge < -0.3 is 33.8 Å². The van der Waals surface area contributed by atoms with Gasteiger partial charge in [-0.05, 0) is 43.4 Å². The standard InChI is InChI=1S/C87H170O17P2/c1-8-10-11-12-13-14-15-16-17-18-19-20-21-24-31-36-41-48-56-63-70-86(91)103-82(74-97-84(89)68-61-54-47-40-35-30-25-22-23-28-33-38-44-51-58-65-78(3)4)76-101-105(93,94)99-72-81(88)73-100-106(95,96)102-77-83(75-98-85(90)69-62-55-50-43-45-52-59-66-79(5)6)104-87(92)71-64-57-49-42-37-32-27-26-29-34-39-46-53-60-67-80(7)9-2/h78-83,88H,8-77H2,1-7H3,(H,93,94)(H,95,96)/t80?,81-,82-,83-/m1/s1. The van der Waals surface area contributed by atoms with E-state index in [4.69, 9.17) is 37.0 Å². The fourth-order valence-corrected chi connectivity index (χ4v) is 15.1. The van der Waals surface area contributed by atoms with Crippen LogP contribution in [0.4, 0.5) is 0 Å². The number of rotatable bonds is 85. The van der Waals surface area contributed by atoms with Crippen LogP contribution in [0.3, 0.4) is 0 Å². The molecule has 106 heavy (non-hydrogen) atoms.